The lowest BCUT2D eigenvalue weighted by molar-refractivity contribution is 0.702. The minimum atomic E-state index is 0.684. The number of aromatic nitrogens is 3. The molecule has 0 atom stereocenters. The maximum Gasteiger partial charge on any atom is 0.217 e. The summed E-state index contributed by atoms with van der Waals surface area (Å²) < 4.78 is 2.55. The average molecular weight is 202 g/mol. The van der Waals surface area contributed by atoms with Crippen molar-refractivity contribution in [2.75, 3.05) is 0 Å². The molecule has 0 unspecified atom stereocenters. The summed E-state index contributed by atoms with van der Waals surface area (Å²) in [5, 5.41) is 4.09. The molecular weight excluding hydrogens is 194 g/mol. The Morgan fingerprint density at radius 2 is 2.30 bits per heavy atom. The van der Waals surface area contributed by atoms with Crippen LogP contribution in [0.1, 0.15) is 24.6 Å². The summed E-state index contributed by atoms with van der Waals surface area (Å²) in [4.78, 5) is 4.24. The van der Waals surface area contributed by atoms with E-state index in [2.05, 4.69) is 26.0 Å². The topological polar surface area (TPSA) is 30.7 Å². The van der Waals surface area contributed by atoms with Gasteiger partial charge in [0, 0.05) is 13.0 Å². The number of rotatable bonds is 1. The molecule has 4 heteroatoms. The van der Waals surface area contributed by atoms with Gasteiger partial charge in [-0.05, 0) is 28.8 Å². The Morgan fingerprint density at radius 1 is 1.60 bits per heavy atom. The van der Waals surface area contributed by atoms with E-state index in [-0.39, 0.29) is 0 Å². The van der Waals surface area contributed by atoms with E-state index >= 15 is 0 Å². The fourth-order valence-corrected chi connectivity index (χ4v) is 1.48. The number of nitrogens with zero attached hydrogens (tertiary/aromatic N) is 3. The monoisotopic (exact) mass is 201 g/mol. The van der Waals surface area contributed by atoms with Gasteiger partial charge in [0.1, 0.15) is 5.82 Å². The second-order valence-corrected chi connectivity index (χ2v) is 3.35. The lowest BCUT2D eigenvalue weighted by Gasteiger charge is -1.92. The van der Waals surface area contributed by atoms with E-state index in [0.29, 0.717) is 10.7 Å². The highest BCUT2D eigenvalue weighted by molar-refractivity contribution is 9.10. The highest BCUT2D eigenvalue weighted by Gasteiger charge is 2.28. The number of aryl methyl sites for hydroxylation is 1. The van der Waals surface area contributed by atoms with Crippen molar-refractivity contribution in [2.24, 2.45) is 7.05 Å². The van der Waals surface area contributed by atoms with E-state index in [1.807, 2.05) is 11.7 Å². The molecule has 1 saturated carbocycles. The first-order valence-corrected chi connectivity index (χ1v) is 4.13. The lowest BCUT2D eigenvalue weighted by Crippen LogP contribution is -1.96. The molecule has 0 spiro atoms. The largest absolute Gasteiger partial charge is 0.252 e. The third-order valence-corrected chi connectivity index (χ3v) is 2.05. The summed E-state index contributed by atoms with van der Waals surface area (Å²) >= 11 is 3.24. The Hall–Kier alpha value is -0.380. The van der Waals surface area contributed by atoms with Crippen LogP contribution in [0.5, 0.6) is 0 Å². The molecule has 0 N–H and O–H groups in total. The van der Waals surface area contributed by atoms with Gasteiger partial charge in [0.2, 0.25) is 4.73 Å². The molecule has 0 amide bonds. The Kier molecular flexibility index (Phi) is 1.30. The highest BCUT2D eigenvalue weighted by atomic mass is 79.9. The number of hydrogen-bond donors (Lipinski definition) is 0. The Labute approximate surface area is 67.6 Å². The zero-order valence-electron chi connectivity index (χ0n) is 5.71. The summed E-state index contributed by atoms with van der Waals surface area (Å²) in [6.07, 6.45) is 2.55. The minimum absolute atomic E-state index is 0.684. The van der Waals surface area contributed by atoms with Gasteiger partial charge in [0.15, 0.2) is 0 Å². The first kappa shape index (κ1) is 6.34. The van der Waals surface area contributed by atoms with E-state index in [9.17, 15) is 0 Å². The van der Waals surface area contributed by atoms with E-state index in [4.69, 9.17) is 0 Å². The van der Waals surface area contributed by atoms with E-state index in [1.165, 1.54) is 12.8 Å². The molecular formula is C6H8BrN3. The molecule has 1 aliphatic rings. The summed E-state index contributed by atoms with van der Waals surface area (Å²) in [6.45, 7) is 0. The SMILES string of the molecule is Cn1nc(Br)nc1C1CC1. The van der Waals surface area contributed by atoms with Crippen molar-refractivity contribution in [2.45, 2.75) is 18.8 Å². The van der Waals surface area contributed by atoms with Crippen LogP contribution in [-0.4, -0.2) is 14.8 Å². The van der Waals surface area contributed by atoms with E-state index < -0.39 is 0 Å². The van der Waals surface area contributed by atoms with Crippen LogP contribution in [0.15, 0.2) is 4.73 Å². The summed E-state index contributed by atoms with van der Waals surface area (Å²) in [6, 6.07) is 0. The van der Waals surface area contributed by atoms with Gasteiger partial charge in [-0.25, -0.2) is 4.98 Å². The standard InChI is InChI=1S/C6H8BrN3/c1-10-5(4-2-3-4)8-6(7)9-10/h4H,2-3H2,1H3. The van der Waals surface area contributed by atoms with E-state index in [1.54, 1.807) is 0 Å². The zero-order chi connectivity index (χ0) is 7.14. The first-order chi connectivity index (χ1) is 4.77. The van der Waals surface area contributed by atoms with Crippen LogP contribution in [-0.2, 0) is 7.05 Å². The van der Waals surface area contributed by atoms with Crippen LogP contribution in [0.3, 0.4) is 0 Å². The van der Waals surface area contributed by atoms with Crippen LogP contribution in [0.25, 0.3) is 0 Å². The van der Waals surface area contributed by atoms with Crippen LogP contribution < -0.4 is 0 Å². The molecule has 1 aromatic rings. The van der Waals surface area contributed by atoms with Gasteiger partial charge in [-0.3, -0.25) is 4.68 Å². The fourth-order valence-electron chi connectivity index (χ4n) is 1.06. The number of halogens is 1. The molecule has 3 nitrogen and oxygen atoms in total. The Bertz CT molecular complexity index is 251. The molecule has 2 rings (SSSR count). The highest BCUT2D eigenvalue weighted by Crippen LogP contribution is 2.38. The van der Waals surface area contributed by atoms with Crippen molar-refractivity contribution < 1.29 is 0 Å². The smallest absolute Gasteiger partial charge is 0.217 e. The van der Waals surface area contributed by atoms with Gasteiger partial charge in [-0.15, -0.1) is 5.10 Å². The van der Waals surface area contributed by atoms with Gasteiger partial charge in [-0.2, -0.15) is 0 Å². The van der Waals surface area contributed by atoms with Gasteiger partial charge < -0.3 is 0 Å². The molecule has 10 heavy (non-hydrogen) atoms. The molecule has 1 fully saturated rings. The summed E-state index contributed by atoms with van der Waals surface area (Å²) in [5.41, 5.74) is 0. The van der Waals surface area contributed by atoms with Crippen LogP contribution in [0.2, 0.25) is 0 Å². The van der Waals surface area contributed by atoms with Crippen LogP contribution >= 0.6 is 15.9 Å². The van der Waals surface area contributed by atoms with Crippen molar-refractivity contribution in [1.29, 1.82) is 0 Å². The minimum Gasteiger partial charge on any atom is -0.252 e. The van der Waals surface area contributed by atoms with Crippen molar-refractivity contribution in [3.63, 3.8) is 0 Å². The first-order valence-electron chi connectivity index (χ1n) is 3.34. The molecule has 0 saturated heterocycles. The molecule has 0 aromatic carbocycles. The third kappa shape index (κ3) is 0.963. The predicted molar refractivity (Wildman–Crippen MR) is 40.7 cm³/mol. The average Bonchev–Trinajstić information content (AvgIpc) is 2.61. The summed E-state index contributed by atoms with van der Waals surface area (Å²) in [7, 11) is 1.94. The molecule has 1 aromatic heterocycles. The third-order valence-electron chi connectivity index (χ3n) is 1.71. The lowest BCUT2D eigenvalue weighted by atomic mass is 10.4. The molecule has 0 radical (unpaired) electrons. The van der Waals surface area contributed by atoms with Crippen molar-refractivity contribution in [3.8, 4) is 0 Å². The van der Waals surface area contributed by atoms with Gasteiger partial charge in [-0.1, -0.05) is 0 Å². The Balaban J connectivity index is 2.38. The quantitative estimate of drug-likeness (QED) is 0.690. The molecule has 0 bridgehead atoms. The summed E-state index contributed by atoms with van der Waals surface area (Å²) in [5.74, 6) is 1.80. The van der Waals surface area contributed by atoms with Crippen molar-refractivity contribution in [3.05, 3.63) is 10.6 Å². The van der Waals surface area contributed by atoms with Crippen molar-refractivity contribution >= 4 is 15.9 Å². The number of hydrogen-bond acceptors (Lipinski definition) is 2. The van der Waals surface area contributed by atoms with Crippen LogP contribution in [0, 0.1) is 0 Å². The molecule has 1 heterocycles. The van der Waals surface area contributed by atoms with E-state index in [0.717, 1.165) is 5.82 Å². The van der Waals surface area contributed by atoms with Crippen LogP contribution in [0.4, 0.5) is 0 Å². The zero-order valence-corrected chi connectivity index (χ0v) is 7.30. The molecule has 54 valence electrons. The predicted octanol–water partition coefficient (Wildman–Crippen LogP) is 1.45. The Morgan fingerprint density at radius 3 is 2.70 bits per heavy atom. The van der Waals surface area contributed by atoms with Gasteiger partial charge >= 0.3 is 0 Å². The maximum absolute atomic E-state index is 4.24. The second kappa shape index (κ2) is 2.05. The molecule has 0 aliphatic heterocycles. The van der Waals surface area contributed by atoms with Gasteiger partial charge in [0.05, 0.1) is 0 Å². The second-order valence-electron chi connectivity index (χ2n) is 2.64. The fraction of sp³-hybridized carbons (Fsp3) is 0.667. The maximum atomic E-state index is 4.24. The van der Waals surface area contributed by atoms with Gasteiger partial charge in [0.25, 0.3) is 0 Å². The van der Waals surface area contributed by atoms with Crippen molar-refractivity contribution in [1.82, 2.24) is 14.8 Å². The normalized spacial score (nSPS) is 17.8. The molecule has 1 aliphatic carbocycles.